The summed E-state index contributed by atoms with van der Waals surface area (Å²) in [6.45, 7) is 0.476. The lowest BCUT2D eigenvalue weighted by molar-refractivity contribution is -0.120. The molecule has 0 unspecified atom stereocenters. The molecule has 4 heteroatoms. The second-order valence-electron chi connectivity index (χ2n) is 4.54. The molecule has 0 aliphatic carbocycles. The SMILES string of the molecule is NC(=O)[C@@H](NCCc1ccccc1F)c1ccccc1. The van der Waals surface area contributed by atoms with Gasteiger partial charge in [-0.3, -0.25) is 4.79 Å². The van der Waals surface area contributed by atoms with Gasteiger partial charge in [0.1, 0.15) is 11.9 Å². The fourth-order valence-corrected chi connectivity index (χ4v) is 2.08. The summed E-state index contributed by atoms with van der Waals surface area (Å²) in [5.74, 6) is -0.672. The molecule has 104 valence electrons. The summed E-state index contributed by atoms with van der Waals surface area (Å²) in [7, 11) is 0. The molecule has 0 aliphatic rings. The molecule has 0 aliphatic heterocycles. The summed E-state index contributed by atoms with van der Waals surface area (Å²) in [6.07, 6.45) is 0.503. The van der Waals surface area contributed by atoms with Crippen LogP contribution in [-0.4, -0.2) is 12.5 Å². The Morgan fingerprint density at radius 2 is 1.75 bits per heavy atom. The molecular weight excluding hydrogens is 255 g/mol. The first-order valence-corrected chi connectivity index (χ1v) is 6.49. The Bertz CT molecular complexity index is 572. The molecule has 0 spiro atoms. The minimum atomic E-state index is -0.553. The molecule has 3 nitrogen and oxygen atoms in total. The van der Waals surface area contributed by atoms with Crippen LogP contribution in [0.3, 0.4) is 0 Å². The zero-order chi connectivity index (χ0) is 14.4. The van der Waals surface area contributed by atoms with E-state index < -0.39 is 11.9 Å². The van der Waals surface area contributed by atoms with Crippen LogP contribution >= 0.6 is 0 Å². The van der Waals surface area contributed by atoms with Gasteiger partial charge in [0, 0.05) is 6.54 Å². The smallest absolute Gasteiger partial charge is 0.239 e. The lowest BCUT2D eigenvalue weighted by atomic mass is 10.1. The van der Waals surface area contributed by atoms with Gasteiger partial charge < -0.3 is 11.1 Å². The van der Waals surface area contributed by atoms with Gasteiger partial charge in [-0.05, 0) is 23.6 Å². The van der Waals surface area contributed by atoms with E-state index in [1.807, 2.05) is 30.3 Å². The number of benzene rings is 2. The highest BCUT2D eigenvalue weighted by molar-refractivity contribution is 5.81. The molecule has 2 rings (SSSR count). The minimum Gasteiger partial charge on any atom is -0.368 e. The molecule has 0 saturated carbocycles. The molecular formula is C16H17FN2O. The van der Waals surface area contributed by atoms with Gasteiger partial charge in [-0.2, -0.15) is 0 Å². The van der Waals surface area contributed by atoms with Gasteiger partial charge in [0.05, 0.1) is 0 Å². The van der Waals surface area contributed by atoms with E-state index in [1.54, 1.807) is 18.2 Å². The van der Waals surface area contributed by atoms with Crippen LogP contribution in [0, 0.1) is 5.82 Å². The van der Waals surface area contributed by atoms with Crippen molar-refractivity contribution in [2.75, 3.05) is 6.54 Å². The maximum Gasteiger partial charge on any atom is 0.239 e. The Balaban J connectivity index is 1.97. The fraction of sp³-hybridized carbons (Fsp3) is 0.188. The summed E-state index contributed by atoms with van der Waals surface area (Å²) in [5, 5.41) is 3.07. The average Bonchev–Trinajstić information content (AvgIpc) is 2.46. The number of rotatable bonds is 6. The fourth-order valence-electron chi connectivity index (χ4n) is 2.08. The van der Waals surface area contributed by atoms with Crippen LogP contribution in [0.25, 0.3) is 0 Å². The Kier molecular flexibility index (Phi) is 4.85. The number of amides is 1. The second kappa shape index (κ2) is 6.82. The van der Waals surface area contributed by atoms with E-state index in [0.717, 1.165) is 5.56 Å². The van der Waals surface area contributed by atoms with Crippen molar-refractivity contribution in [3.8, 4) is 0 Å². The maximum atomic E-state index is 13.5. The summed E-state index contributed by atoms with van der Waals surface area (Å²) in [6, 6.07) is 15.3. The molecule has 20 heavy (non-hydrogen) atoms. The molecule has 2 aromatic carbocycles. The van der Waals surface area contributed by atoms with Crippen LogP contribution < -0.4 is 11.1 Å². The summed E-state index contributed by atoms with van der Waals surface area (Å²) in [4.78, 5) is 11.5. The van der Waals surface area contributed by atoms with E-state index in [9.17, 15) is 9.18 Å². The highest BCUT2D eigenvalue weighted by atomic mass is 19.1. The molecule has 0 bridgehead atoms. The molecule has 3 N–H and O–H groups in total. The number of hydrogen-bond donors (Lipinski definition) is 2. The van der Waals surface area contributed by atoms with Gasteiger partial charge >= 0.3 is 0 Å². The van der Waals surface area contributed by atoms with Gasteiger partial charge in [-0.1, -0.05) is 48.5 Å². The van der Waals surface area contributed by atoms with Crippen LogP contribution in [0.2, 0.25) is 0 Å². The Morgan fingerprint density at radius 3 is 2.40 bits per heavy atom. The van der Waals surface area contributed by atoms with Gasteiger partial charge in [0.15, 0.2) is 0 Å². The van der Waals surface area contributed by atoms with Crippen molar-refractivity contribution in [2.45, 2.75) is 12.5 Å². The van der Waals surface area contributed by atoms with Crippen LogP contribution in [-0.2, 0) is 11.2 Å². The highest BCUT2D eigenvalue weighted by Gasteiger charge is 2.16. The Morgan fingerprint density at radius 1 is 1.10 bits per heavy atom. The Hall–Kier alpha value is -2.20. The van der Waals surface area contributed by atoms with Crippen LogP contribution in [0.1, 0.15) is 17.2 Å². The molecule has 0 radical (unpaired) electrons. The molecule has 1 amide bonds. The number of primary amides is 1. The molecule has 2 aromatic rings. The molecule has 0 aromatic heterocycles. The van der Waals surface area contributed by atoms with Crippen LogP contribution in [0.15, 0.2) is 54.6 Å². The Labute approximate surface area is 117 Å². The van der Waals surface area contributed by atoms with E-state index in [4.69, 9.17) is 5.73 Å². The van der Waals surface area contributed by atoms with Crippen molar-refractivity contribution in [2.24, 2.45) is 5.73 Å². The summed E-state index contributed by atoms with van der Waals surface area (Å²) >= 11 is 0. The minimum absolute atomic E-state index is 0.232. The predicted octanol–water partition coefficient (Wildman–Crippen LogP) is 2.18. The van der Waals surface area contributed by atoms with Gasteiger partial charge in [0.25, 0.3) is 0 Å². The quantitative estimate of drug-likeness (QED) is 0.847. The average molecular weight is 272 g/mol. The van der Waals surface area contributed by atoms with E-state index in [-0.39, 0.29) is 5.82 Å². The lowest BCUT2D eigenvalue weighted by Gasteiger charge is -2.15. The first-order chi connectivity index (χ1) is 9.68. The highest BCUT2D eigenvalue weighted by Crippen LogP contribution is 2.12. The van der Waals surface area contributed by atoms with Crippen molar-refractivity contribution in [1.82, 2.24) is 5.32 Å². The van der Waals surface area contributed by atoms with Crippen LogP contribution in [0.5, 0.6) is 0 Å². The van der Waals surface area contributed by atoms with E-state index >= 15 is 0 Å². The standard InChI is InChI=1S/C16H17FN2O/c17-14-9-5-4-6-12(14)10-11-19-15(16(18)20)13-7-2-1-3-8-13/h1-9,15,19H,10-11H2,(H2,18,20)/t15-/m0/s1. The van der Waals surface area contributed by atoms with Gasteiger partial charge in [0.2, 0.25) is 5.91 Å². The number of halogens is 1. The molecule has 1 atom stereocenters. The number of carbonyl (C=O) groups excluding carboxylic acids is 1. The molecule has 0 saturated heterocycles. The predicted molar refractivity (Wildman–Crippen MR) is 76.5 cm³/mol. The third-order valence-electron chi connectivity index (χ3n) is 3.12. The topological polar surface area (TPSA) is 55.1 Å². The third kappa shape index (κ3) is 3.65. The summed E-state index contributed by atoms with van der Waals surface area (Å²) < 4.78 is 13.5. The monoisotopic (exact) mass is 272 g/mol. The normalized spacial score (nSPS) is 12.1. The maximum absolute atomic E-state index is 13.5. The largest absolute Gasteiger partial charge is 0.368 e. The number of hydrogen-bond acceptors (Lipinski definition) is 2. The number of carbonyl (C=O) groups is 1. The van der Waals surface area contributed by atoms with Crippen molar-refractivity contribution in [1.29, 1.82) is 0 Å². The van der Waals surface area contributed by atoms with Crippen LogP contribution in [0.4, 0.5) is 4.39 Å². The van der Waals surface area contributed by atoms with E-state index in [1.165, 1.54) is 6.07 Å². The van der Waals surface area contributed by atoms with Gasteiger partial charge in [-0.15, -0.1) is 0 Å². The number of nitrogens with two attached hydrogens (primary N) is 1. The zero-order valence-corrected chi connectivity index (χ0v) is 11.1. The van der Waals surface area contributed by atoms with Crippen molar-refractivity contribution >= 4 is 5.91 Å². The zero-order valence-electron chi connectivity index (χ0n) is 11.1. The molecule has 0 fully saturated rings. The summed E-state index contributed by atoms with van der Waals surface area (Å²) in [5.41, 5.74) is 6.84. The van der Waals surface area contributed by atoms with E-state index in [2.05, 4.69) is 5.32 Å². The first kappa shape index (κ1) is 14.2. The van der Waals surface area contributed by atoms with E-state index in [0.29, 0.717) is 18.5 Å². The molecule has 0 heterocycles. The second-order valence-corrected chi connectivity index (χ2v) is 4.54. The van der Waals surface area contributed by atoms with Crippen molar-refractivity contribution in [3.63, 3.8) is 0 Å². The number of nitrogens with one attached hydrogen (secondary N) is 1. The van der Waals surface area contributed by atoms with Gasteiger partial charge in [-0.25, -0.2) is 4.39 Å². The third-order valence-corrected chi connectivity index (χ3v) is 3.12. The van der Waals surface area contributed by atoms with Crippen molar-refractivity contribution in [3.05, 3.63) is 71.5 Å². The lowest BCUT2D eigenvalue weighted by Crippen LogP contribution is -2.34. The van der Waals surface area contributed by atoms with Crippen molar-refractivity contribution < 1.29 is 9.18 Å². The first-order valence-electron chi connectivity index (χ1n) is 6.49.